The van der Waals surface area contributed by atoms with E-state index in [1.54, 1.807) is 0 Å². The molecule has 1 amide bonds. The summed E-state index contributed by atoms with van der Waals surface area (Å²) in [5.74, 6) is 1.34. The molecule has 1 aromatic rings. The lowest BCUT2D eigenvalue weighted by atomic mass is 10.2. The topological polar surface area (TPSA) is 94.9 Å². The first-order valence-corrected chi connectivity index (χ1v) is 4.52. The summed E-state index contributed by atoms with van der Waals surface area (Å²) >= 11 is 0. The number of aromatic nitrogens is 2. The maximum Gasteiger partial charge on any atom is 0.254 e. The zero-order chi connectivity index (χ0) is 10.3. The van der Waals surface area contributed by atoms with Gasteiger partial charge in [-0.15, -0.1) is 0 Å². The zero-order valence-electron chi connectivity index (χ0n) is 7.90. The van der Waals surface area contributed by atoms with Crippen LogP contribution in [0.2, 0.25) is 0 Å². The number of nitrogen functional groups attached to an aromatic ring is 1. The molecule has 5 nitrogen and oxygen atoms in total. The van der Waals surface area contributed by atoms with E-state index in [1.807, 2.05) is 0 Å². The van der Waals surface area contributed by atoms with Gasteiger partial charge in [0.05, 0.1) is 5.56 Å². The molecule has 0 bridgehead atoms. The maximum atomic E-state index is 10.8. The number of nitrogens with two attached hydrogens (primary N) is 2. The summed E-state index contributed by atoms with van der Waals surface area (Å²) < 4.78 is 0. The molecule has 0 spiro atoms. The van der Waals surface area contributed by atoms with Crippen molar-refractivity contribution in [1.82, 2.24) is 9.97 Å². The van der Waals surface area contributed by atoms with Gasteiger partial charge >= 0.3 is 0 Å². The summed E-state index contributed by atoms with van der Waals surface area (Å²) in [6, 6.07) is 0. The fourth-order valence-electron chi connectivity index (χ4n) is 1.46. The molecule has 1 aliphatic carbocycles. The standard InChI is InChI=1S/C9H12N4O/c1-4-2-5(4)9-12-3-6(8(11)14)7(10)13-9/h3-5H,2H2,1H3,(H2,11,14)(H2,10,12,13). The molecule has 0 aliphatic heterocycles. The Morgan fingerprint density at radius 2 is 2.29 bits per heavy atom. The molecule has 1 saturated carbocycles. The van der Waals surface area contributed by atoms with E-state index in [-0.39, 0.29) is 11.4 Å². The maximum absolute atomic E-state index is 10.8. The third-order valence-electron chi connectivity index (χ3n) is 2.54. The van der Waals surface area contributed by atoms with Crippen LogP contribution in [0.5, 0.6) is 0 Å². The molecule has 4 N–H and O–H groups in total. The molecular formula is C9H12N4O. The SMILES string of the molecule is CC1CC1c1ncc(C(N)=O)c(N)n1. The van der Waals surface area contributed by atoms with Gasteiger partial charge in [-0.1, -0.05) is 6.92 Å². The van der Waals surface area contributed by atoms with E-state index in [1.165, 1.54) is 6.20 Å². The van der Waals surface area contributed by atoms with Crippen molar-refractivity contribution in [3.05, 3.63) is 17.6 Å². The van der Waals surface area contributed by atoms with Crippen LogP contribution in [0.1, 0.15) is 35.4 Å². The molecule has 1 aliphatic rings. The Balaban J connectivity index is 2.31. The van der Waals surface area contributed by atoms with Gasteiger partial charge in [0, 0.05) is 12.1 Å². The lowest BCUT2D eigenvalue weighted by Gasteiger charge is -2.02. The predicted molar refractivity (Wildman–Crippen MR) is 51.5 cm³/mol. The fraction of sp³-hybridized carbons (Fsp3) is 0.444. The summed E-state index contributed by atoms with van der Waals surface area (Å²) in [5, 5.41) is 0. The quantitative estimate of drug-likeness (QED) is 0.703. The van der Waals surface area contributed by atoms with E-state index in [0.717, 1.165) is 12.2 Å². The van der Waals surface area contributed by atoms with Crippen molar-refractivity contribution in [2.75, 3.05) is 5.73 Å². The van der Waals surface area contributed by atoms with E-state index in [9.17, 15) is 4.79 Å². The number of primary amides is 1. The van der Waals surface area contributed by atoms with Crippen LogP contribution in [0, 0.1) is 5.92 Å². The minimum atomic E-state index is -0.585. The second-order valence-corrected chi connectivity index (χ2v) is 3.71. The Labute approximate surface area is 81.5 Å². The van der Waals surface area contributed by atoms with Gasteiger partial charge in [-0.3, -0.25) is 4.79 Å². The summed E-state index contributed by atoms with van der Waals surface area (Å²) in [7, 11) is 0. The minimum Gasteiger partial charge on any atom is -0.383 e. The van der Waals surface area contributed by atoms with E-state index in [2.05, 4.69) is 16.9 Å². The number of hydrogen-bond donors (Lipinski definition) is 2. The van der Waals surface area contributed by atoms with Crippen LogP contribution in [-0.2, 0) is 0 Å². The minimum absolute atomic E-state index is 0.182. The van der Waals surface area contributed by atoms with Gasteiger partial charge < -0.3 is 11.5 Å². The molecule has 0 aromatic carbocycles. The number of carbonyl (C=O) groups is 1. The lowest BCUT2D eigenvalue weighted by Crippen LogP contribution is -2.15. The Bertz CT molecular complexity index is 390. The van der Waals surface area contributed by atoms with E-state index < -0.39 is 5.91 Å². The van der Waals surface area contributed by atoms with Crippen molar-refractivity contribution in [2.45, 2.75) is 19.3 Å². The highest BCUT2D eigenvalue weighted by molar-refractivity contribution is 5.96. The van der Waals surface area contributed by atoms with Gasteiger partial charge in [0.2, 0.25) is 0 Å². The average Bonchev–Trinajstić information content (AvgIpc) is 2.81. The van der Waals surface area contributed by atoms with Crippen LogP contribution in [-0.4, -0.2) is 15.9 Å². The van der Waals surface area contributed by atoms with Crippen molar-refractivity contribution in [3.8, 4) is 0 Å². The number of carbonyl (C=O) groups excluding carboxylic acids is 1. The first kappa shape index (κ1) is 8.93. The van der Waals surface area contributed by atoms with Crippen LogP contribution < -0.4 is 11.5 Å². The number of anilines is 1. The van der Waals surface area contributed by atoms with E-state index in [0.29, 0.717) is 11.8 Å². The highest BCUT2D eigenvalue weighted by atomic mass is 16.1. The Hall–Kier alpha value is -1.65. The first-order valence-electron chi connectivity index (χ1n) is 4.52. The van der Waals surface area contributed by atoms with Crippen molar-refractivity contribution >= 4 is 11.7 Å². The Kier molecular flexibility index (Phi) is 1.87. The van der Waals surface area contributed by atoms with E-state index in [4.69, 9.17) is 11.5 Å². The molecule has 0 radical (unpaired) electrons. The van der Waals surface area contributed by atoms with Crippen LogP contribution in [0.3, 0.4) is 0 Å². The first-order chi connectivity index (χ1) is 6.59. The highest BCUT2D eigenvalue weighted by Crippen LogP contribution is 2.45. The van der Waals surface area contributed by atoms with Crippen LogP contribution >= 0.6 is 0 Å². The van der Waals surface area contributed by atoms with E-state index >= 15 is 0 Å². The zero-order valence-corrected chi connectivity index (χ0v) is 7.90. The lowest BCUT2D eigenvalue weighted by molar-refractivity contribution is 0.100. The normalized spacial score (nSPS) is 24.6. The highest BCUT2D eigenvalue weighted by Gasteiger charge is 2.36. The molecule has 2 atom stereocenters. The van der Waals surface area contributed by atoms with Gasteiger partial charge in [-0.05, 0) is 12.3 Å². The largest absolute Gasteiger partial charge is 0.383 e. The van der Waals surface area contributed by atoms with Crippen LogP contribution in [0.25, 0.3) is 0 Å². The average molecular weight is 192 g/mol. The smallest absolute Gasteiger partial charge is 0.254 e. The second kappa shape index (κ2) is 2.94. The third kappa shape index (κ3) is 1.41. The number of rotatable bonds is 2. The van der Waals surface area contributed by atoms with Gasteiger partial charge in [0.1, 0.15) is 11.6 Å². The monoisotopic (exact) mass is 192 g/mol. The molecular weight excluding hydrogens is 180 g/mol. The third-order valence-corrected chi connectivity index (χ3v) is 2.54. The molecule has 14 heavy (non-hydrogen) atoms. The van der Waals surface area contributed by atoms with Gasteiger partial charge in [-0.25, -0.2) is 9.97 Å². The molecule has 1 fully saturated rings. The molecule has 1 heterocycles. The van der Waals surface area contributed by atoms with Gasteiger partial charge in [0.15, 0.2) is 0 Å². The number of amides is 1. The molecule has 5 heteroatoms. The summed E-state index contributed by atoms with van der Waals surface area (Å²) in [5.41, 5.74) is 10.9. The number of hydrogen-bond acceptors (Lipinski definition) is 4. The summed E-state index contributed by atoms with van der Waals surface area (Å²) in [6.45, 7) is 2.13. The van der Waals surface area contributed by atoms with Crippen LogP contribution in [0.15, 0.2) is 6.20 Å². The molecule has 1 aromatic heterocycles. The Morgan fingerprint density at radius 3 is 2.71 bits per heavy atom. The van der Waals surface area contributed by atoms with Crippen LogP contribution in [0.4, 0.5) is 5.82 Å². The number of nitrogens with zero attached hydrogens (tertiary/aromatic N) is 2. The molecule has 0 saturated heterocycles. The molecule has 74 valence electrons. The summed E-state index contributed by atoms with van der Waals surface area (Å²) in [4.78, 5) is 19.0. The van der Waals surface area contributed by atoms with Crippen molar-refractivity contribution in [2.24, 2.45) is 11.7 Å². The van der Waals surface area contributed by atoms with Gasteiger partial charge in [-0.2, -0.15) is 0 Å². The fourth-order valence-corrected chi connectivity index (χ4v) is 1.46. The predicted octanol–water partition coefficient (Wildman–Crippen LogP) is 0.281. The summed E-state index contributed by atoms with van der Waals surface area (Å²) in [6.07, 6.45) is 2.50. The molecule has 2 rings (SSSR count). The van der Waals surface area contributed by atoms with Crippen molar-refractivity contribution in [1.29, 1.82) is 0 Å². The van der Waals surface area contributed by atoms with Gasteiger partial charge in [0.25, 0.3) is 5.91 Å². The molecule has 2 unspecified atom stereocenters. The Morgan fingerprint density at radius 1 is 1.64 bits per heavy atom. The van der Waals surface area contributed by atoms with Crippen molar-refractivity contribution in [3.63, 3.8) is 0 Å². The second-order valence-electron chi connectivity index (χ2n) is 3.71. The van der Waals surface area contributed by atoms with Crippen molar-refractivity contribution < 1.29 is 4.79 Å².